The maximum absolute atomic E-state index is 12.4. The van der Waals surface area contributed by atoms with Crippen molar-refractivity contribution in [3.05, 3.63) is 40.6 Å². The highest BCUT2D eigenvalue weighted by Crippen LogP contribution is 2.25. The van der Waals surface area contributed by atoms with Gasteiger partial charge in [-0.05, 0) is 17.7 Å². The van der Waals surface area contributed by atoms with Crippen LogP contribution < -0.4 is 16.6 Å². The molecule has 19 heavy (non-hydrogen) atoms. The first kappa shape index (κ1) is 15.5. The molecule has 0 aliphatic rings. The van der Waals surface area contributed by atoms with Gasteiger partial charge in [-0.2, -0.15) is 18.2 Å². The molecule has 0 aliphatic heterocycles. The largest absolute Gasteiger partial charge is 0.432 e. The van der Waals surface area contributed by atoms with Gasteiger partial charge in [-0.1, -0.05) is 18.2 Å². The summed E-state index contributed by atoms with van der Waals surface area (Å²) in [5.41, 5.74) is 0.212. The average molecular weight is 314 g/mol. The van der Waals surface area contributed by atoms with Gasteiger partial charge in [0.15, 0.2) is 5.82 Å². The number of alkyl halides is 3. The molecule has 0 spiro atoms. The lowest BCUT2D eigenvalue weighted by molar-refractivity contribution is -0.0967. The second-order valence-electron chi connectivity index (χ2n) is 3.19. The Morgan fingerprint density at radius 3 is 2.58 bits per heavy atom. The van der Waals surface area contributed by atoms with Gasteiger partial charge >= 0.3 is 6.18 Å². The van der Waals surface area contributed by atoms with Crippen molar-refractivity contribution in [3.8, 4) is 0 Å². The average Bonchev–Trinajstić information content (AvgIpc) is 2.29. The molecule has 1 heterocycles. The van der Waals surface area contributed by atoms with Crippen molar-refractivity contribution in [3.63, 3.8) is 0 Å². The number of hydrogen-bond acceptors (Lipinski definition) is 5. The lowest BCUT2D eigenvalue weighted by Gasteiger charge is -2.12. The predicted molar refractivity (Wildman–Crippen MR) is 66.3 cm³/mol. The summed E-state index contributed by atoms with van der Waals surface area (Å²) in [6.07, 6.45) is -2.78. The number of nitrogens with two attached hydrogens (primary N) is 1. The number of nitrogens with one attached hydrogen (secondary N) is 2. The van der Waals surface area contributed by atoms with Gasteiger partial charge in [0.2, 0.25) is 5.28 Å². The second kappa shape index (κ2) is 6.09. The molecule has 0 aliphatic carbocycles. The van der Waals surface area contributed by atoms with Gasteiger partial charge in [-0.3, -0.25) is 5.84 Å². The minimum Gasteiger partial charge on any atom is -0.339 e. The molecule has 0 fully saturated rings. The summed E-state index contributed by atoms with van der Waals surface area (Å²) in [4.78, 5) is 7.28. The minimum atomic E-state index is -4.63. The minimum absolute atomic E-state index is 0.0291. The van der Waals surface area contributed by atoms with Crippen LogP contribution in [0.25, 0.3) is 0 Å². The number of rotatable bonds is 4. The smallest absolute Gasteiger partial charge is 0.339 e. The van der Waals surface area contributed by atoms with Crippen LogP contribution in [-0.4, -0.2) is 16.1 Å². The van der Waals surface area contributed by atoms with Gasteiger partial charge in [-0.15, -0.1) is 0 Å². The maximum Gasteiger partial charge on any atom is 0.432 e. The van der Waals surface area contributed by atoms with Crippen LogP contribution >= 0.6 is 23.2 Å². The lowest BCUT2D eigenvalue weighted by Crippen LogP contribution is -2.31. The molecule has 0 saturated carbocycles. The first-order valence-corrected chi connectivity index (χ1v) is 5.39. The molecular formula is C9H8Cl2F3N5. The molecule has 4 N–H and O–H groups in total. The molecular weight excluding hydrogens is 306 g/mol. The van der Waals surface area contributed by atoms with Gasteiger partial charge in [-0.25, -0.2) is 4.98 Å². The quantitative estimate of drug-likeness (QED) is 0.345. The van der Waals surface area contributed by atoms with E-state index in [9.17, 15) is 13.2 Å². The van der Waals surface area contributed by atoms with E-state index < -0.39 is 11.9 Å². The normalized spacial score (nSPS) is 12.2. The van der Waals surface area contributed by atoms with Crippen LogP contribution in [-0.2, 0) is 0 Å². The molecule has 0 radical (unpaired) electrons. The summed E-state index contributed by atoms with van der Waals surface area (Å²) < 4.78 is 37.2. The van der Waals surface area contributed by atoms with E-state index in [0.717, 1.165) is 0 Å². The Labute approximate surface area is 116 Å². The van der Waals surface area contributed by atoms with E-state index in [1.54, 1.807) is 0 Å². The number of nitrogens with zero attached hydrogens (tertiary/aromatic N) is 2. The molecule has 1 aromatic heterocycles. The van der Waals surface area contributed by atoms with Crippen molar-refractivity contribution in [2.45, 2.75) is 6.18 Å². The molecule has 1 rings (SSSR count). The summed E-state index contributed by atoms with van der Waals surface area (Å²) in [5.74, 6) is 4.80. The molecule has 0 atom stereocenters. The first-order chi connectivity index (χ1) is 8.74. The number of allylic oxidation sites excluding steroid dienone is 2. The van der Waals surface area contributed by atoms with Crippen LogP contribution in [0, 0.1) is 0 Å². The van der Waals surface area contributed by atoms with Crippen LogP contribution in [0.15, 0.2) is 30.2 Å². The van der Waals surface area contributed by atoms with Crippen molar-refractivity contribution in [1.82, 2.24) is 15.4 Å². The Bertz CT molecular complexity index is 515. The summed E-state index contributed by atoms with van der Waals surface area (Å²) in [6, 6.07) is 0. The summed E-state index contributed by atoms with van der Waals surface area (Å²) >= 11 is 11.3. The Kier molecular flexibility index (Phi) is 4.98. The van der Waals surface area contributed by atoms with E-state index in [1.807, 2.05) is 0 Å². The van der Waals surface area contributed by atoms with E-state index in [4.69, 9.17) is 29.0 Å². The third kappa shape index (κ3) is 4.58. The molecule has 1 aromatic rings. The second-order valence-corrected chi connectivity index (χ2v) is 3.93. The molecule has 10 heteroatoms. The van der Waals surface area contributed by atoms with Crippen molar-refractivity contribution < 1.29 is 13.2 Å². The van der Waals surface area contributed by atoms with Gasteiger partial charge in [0.1, 0.15) is 10.7 Å². The van der Waals surface area contributed by atoms with E-state index in [2.05, 4.69) is 21.9 Å². The number of aromatic nitrogens is 2. The van der Waals surface area contributed by atoms with E-state index in [1.165, 1.54) is 11.6 Å². The Balaban J connectivity index is 2.91. The van der Waals surface area contributed by atoms with Crippen LogP contribution in [0.4, 0.5) is 19.0 Å². The number of hydrogen-bond donors (Lipinski definition) is 3. The van der Waals surface area contributed by atoms with Gasteiger partial charge in [0, 0.05) is 5.70 Å². The van der Waals surface area contributed by atoms with Crippen molar-refractivity contribution in [1.29, 1.82) is 0 Å². The molecule has 5 nitrogen and oxygen atoms in total. The SMILES string of the molecule is C=C(/C=C(\NN)C(F)(F)F)Nc1nc(Cl)ncc1Cl. The fraction of sp³-hybridized carbons (Fsp3) is 0.111. The Morgan fingerprint density at radius 2 is 2.05 bits per heavy atom. The molecule has 0 unspecified atom stereocenters. The maximum atomic E-state index is 12.4. The highest BCUT2D eigenvalue weighted by Gasteiger charge is 2.33. The number of anilines is 1. The monoisotopic (exact) mass is 313 g/mol. The van der Waals surface area contributed by atoms with Gasteiger partial charge in [0.05, 0.1) is 6.20 Å². The molecule has 0 saturated heterocycles. The van der Waals surface area contributed by atoms with Crippen LogP contribution in [0.1, 0.15) is 0 Å². The van der Waals surface area contributed by atoms with Gasteiger partial charge < -0.3 is 10.7 Å². The Hall–Kier alpha value is -1.51. The molecule has 0 aromatic carbocycles. The van der Waals surface area contributed by atoms with Crippen LogP contribution in [0.3, 0.4) is 0 Å². The third-order valence-corrected chi connectivity index (χ3v) is 2.23. The highest BCUT2D eigenvalue weighted by molar-refractivity contribution is 6.33. The predicted octanol–water partition coefficient (Wildman–Crippen LogP) is 2.62. The lowest BCUT2D eigenvalue weighted by atomic mass is 10.3. The number of hydrazine groups is 1. The van der Waals surface area contributed by atoms with Crippen LogP contribution in [0.2, 0.25) is 10.3 Å². The summed E-state index contributed by atoms with van der Waals surface area (Å²) in [7, 11) is 0. The standard InChI is InChI=1S/C9H8Cl2F3N5/c1-4(2-6(19-15)9(12,13)14)17-7-5(10)3-16-8(11)18-7/h2-3,19H,1,15H2,(H,16,17,18)/b6-2-. The topological polar surface area (TPSA) is 75.9 Å². The van der Waals surface area contributed by atoms with E-state index in [-0.39, 0.29) is 21.8 Å². The first-order valence-electron chi connectivity index (χ1n) is 4.63. The fourth-order valence-electron chi connectivity index (χ4n) is 1.00. The molecule has 0 bridgehead atoms. The van der Waals surface area contributed by atoms with Crippen molar-refractivity contribution >= 4 is 29.0 Å². The van der Waals surface area contributed by atoms with Crippen molar-refractivity contribution in [2.24, 2.45) is 5.84 Å². The molecule has 0 amide bonds. The third-order valence-electron chi connectivity index (χ3n) is 1.77. The van der Waals surface area contributed by atoms with E-state index >= 15 is 0 Å². The zero-order chi connectivity index (χ0) is 14.6. The van der Waals surface area contributed by atoms with Gasteiger partial charge in [0.25, 0.3) is 0 Å². The van der Waals surface area contributed by atoms with Crippen LogP contribution in [0.5, 0.6) is 0 Å². The fourth-order valence-corrected chi connectivity index (χ4v) is 1.27. The summed E-state index contributed by atoms with van der Waals surface area (Å²) in [5, 5.41) is 2.42. The highest BCUT2D eigenvalue weighted by atomic mass is 35.5. The van der Waals surface area contributed by atoms with E-state index in [0.29, 0.717) is 6.08 Å². The van der Waals surface area contributed by atoms with Crippen molar-refractivity contribution in [2.75, 3.05) is 5.32 Å². The Morgan fingerprint density at radius 1 is 1.42 bits per heavy atom. The zero-order valence-corrected chi connectivity index (χ0v) is 10.7. The zero-order valence-electron chi connectivity index (χ0n) is 9.22. The number of halogens is 5. The molecule has 104 valence electrons. The summed E-state index contributed by atoms with van der Waals surface area (Å²) in [6.45, 7) is 3.38.